The standard InChI is InChI=1S/C17H17N3O7S/c1-12-5-7-15(8-6-12)28(25,26)18-10-17(22)27-11-16(21)19-13-3-2-4-14(9-13)20(23)24/h2-9,18H,10-11H2,1H3,(H,19,21). The van der Waals surface area contributed by atoms with Gasteiger partial charge < -0.3 is 10.1 Å². The van der Waals surface area contributed by atoms with Crippen molar-refractivity contribution >= 4 is 33.3 Å². The van der Waals surface area contributed by atoms with Gasteiger partial charge in [-0.05, 0) is 25.1 Å². The average Bonchev–Trinajstić information content (AvgIpc) is 2.65. The molecule has 2 N–H and O–H groups in total. The quantitative estimate of drug-likeness (QED) is 0.382. The largest absolute Gasteiger partial charge is 0.455 e. The summed E-state index contributed by atoms with van der Waals surface area (Å²) < 4.78 is 30.9. The van der Waals surface area contributed by atoms with E-state index in [1.807, 2.05) is 0 Å². The van der Waals surface area contributed by atoms with Gasteiger partial charge in [0, 0.05) is 17.8 Å². The summed E-state index contributed by atoms with van der Waals surface area (Å²) in [6, 6.07) is 11.3. The molecule has 10 nitrogen and oxygen atoms in total. The lowest BCUT2D eigenvalue weighted by Gasteiger charge is -2.08. The Bertz CT molecular complexity index is 988. The van der Waals surface area contributed by atoms with Gasteiger partial charge in [0.05, 0.1) is 9.82 Å². The molecule has 2 aromatic carbocycles. The van der Waals surface area contributed by atoms with Crippen LogP contribution in [-0.4, -0.2) is 38.4 Å². The van der Waals surface area contributed by atoms with E-state index in [-0.39, 0.29) is 16.3 Å². The fourth-order valence-electron chi connectivity index (χ4n) is 2.05. The molecule has 0 spiro atoms. The SMILES string of the molecule is Cc1ccc(S(=O)(=O)NCC(=O)OCC(=O)Nc2cccc([N+](=O)[O-])c2)cc1. The molecule has 1 amide bonds. The first-order valence-corrected chi connectivity index (χ1v) is 9.42. The molecular weight excluding hydrogens is 390 g/mol. The van der Waals surface area contributed by atoms with Crippen molar-refractivity contribution in [1.29, 1.82) is 0 Å². The number of nitro benzene ring substituents is 1. The third-order valence-corrected chi connectivity index (χ3v) is 4.86. The lowest BCUT2D eigenvalue weighted by Crippen LogP contribution is -2.32. The zero-order chi connectivity index (χ0) is 20.7. The Morgan fingerprint density at radius 3 is 2.46 bits per heavy atom. The molecule has 2 rings (SSSR count). The lowest BCUT2D eigenvalue weighted by atomic mass is 10.2. The number of sulfonamides is 1. The average molecular weight is 407 g/mol. The van der Waals surface area contributed by atoms with Crippen LogP contribution >= 0.6 is 0 Å². The number of carbonyl (C=O) groups is 2. The van der Waals surface area contributed by atoms with Gasteiger partial charge in [-0.25, -0.2) is 8.42 Å². The Kier molecular flexibility index (Phi) is 6.79. The summed E-state index contributed by atoms with van der Waals surface area (Å²) in [5.41, 5.74) is 0.837. The molecule has 0 saturated heterocycles. The van der Waals surface area contributed by atoms with E-state index in [1.54, 1.807) is 19.1 Å². The molecule has 0 aliphatic carbocycles. The molecule has 2 aromatic rings. The number of hydrogen-bond donors (Lipinski definition) is 2. The summed E-state index contributed by atoms with van der Waals surface area (Å²) >= 11 is 0. The lowest BCUT2D eigenvalue weighted by molar-refractivity contribution is -0.384. The summed E-state index contributed by atoms with van der Waals surface area (Å²) in [7, 11) is -3.89. The highest BCUT2D eigenvalue weighted by Gasteiger charge is 2.16. The minimum absolute atomic E-state index is 0.00526. The van der Waals surface area contributed by atoms with Crippen LogP contribution in [-0.2, 0) is 24.3 Å². The number of amides is 1. The first-order chi connectivity index (χ1) is 13.2. The van der Waals surface area contributed by atoms with Crippen LogP contribution < -0.4 is 10.0 Å². The van der Waals surface area contributed by atoms with Gasteiger partial charge in [-0.15, -0.1) is 0 Å². The van der Waals surface area contributed by atoms with Gasteiger partial charge in [-0.2, -0.15) is 4.72 Å². The number of nitrogens with zero attached hydrogens (tertiary/aromatic N) is 1. The van der Waals surface area contributed by atoms with Gasteiger partial charge in [0.1, 0.15) is 6.54 Å². The Balaban J connectivity index is 1.82. The van der Waals surface area contributed by atoms with Gasteiger partial charge in [0.2, 0.25) is 10.0 Å². The highest BCUT2D eigenvalue weighted by Crippen LogP contribution is 2.16. The minimum Gasteiger partial charge on any atom is -0.455 e. The van der Waals surface area contributed by atoms with Gasteiger partial charge in [-0.3, -0.25) is 19.7 Å². The monoisotopic (exact) mass is 407 g/mol. The van der Waals surface area contributed by atoms with E-state index in [1.165, 1.54) is 30.3 Å². The zero-order valence-corrected chi connectivity index (χ0v) is 15.6. The van der Waals surface area contributed by atoms with Crippen molar-refractivity contribution in [3.05, 3.63) is 64.2 Å². The van der Waals surface area contributed by atoms with E-state index in [9.17, 15) is 28.1 Å². The Labute approximate surface area is 160 Å². The number of anilines is 1. The maximum Gasteiger partial charge on any atom is 0.321 e. The van der Waals surface area contributed by atoms with Crippen molar-refractivity contribution < 1.29 is 27.7 Å². The third-order valence-electron chi connectivity index (χ3n) is 3.44. The summed E-state index contributed by atoms with van der Waals surface area (Å²) in [5, 5.41) is 13.0. The smallest absolute Gasteiger partial charge is 0.321 e. The summed E-state index contributed by atoms with van der Waals surface area (Å²) in [4.78, 5) is 33.5. The predicted molar refractivity (Wildman–Crippen MR) is 99.1 cm³/mol. The second-order valence-electron chi connectivity index (χ2n) is 5.65. The molecule has 148 valence electrons. The van der Waals surface area contributed by atoms with Gasteiger partial charge >= 0.3 is 5.97 Å². The van der Waals surface area contributed by atoms with Crippen molar-refractivity contribution in [2.45, 2.75) is 11.8 Å². The number of benzene rings is 2. The van der Waals surface area contributed by atoms with Gasteiger partial charge in [0.25, 0.3) is 11.6 Å². The highest BCUT2D eigenvalue weighted by molar-refractivity contribution is 7.89. The van der Waals surface area contributed by atoms with E-state index >= 15 is 0 Å². The molecule has 0 saturated carbocycles. The van der Waals surface area contributed by atoms with Crippen LogP contribution in [0, 0.1) is 17.0 Å². The number of non-ortho nitro benzene ring substituents is 1. The number of ether oxygens (including phenoxy) is 1. The molecule has 0 aromatic heterocycles. The normalized spacial score (nSPS) is 10.9. The Morgan fingerprint density at radius 1 is 1.14 bits per heavy atom. The predicted octanol–water partition coefficient (Wildman–Crippen LogP) is 1.36. The van der Waals surface area contributed by atoms with Gasteiger partial charge in [0.15, 0.2) is 6.61 Å². The zero-order valence-electron chi connectivity index (χ0n) is 14.7. The van der Waals surface area contributed by atoms with Crippen molar-refractivity contribution in [1.82, 2.24) is 4.72 Å². The van der Waals surface area contributed by atoms with Gasteiger partial charge in [-0.1, -0.05) is 23.8 Å². The maximum atomic E-state index is 12.1. The van der Waals surface area contributed by atoms with Crippen molar-refractivity contribution in [3.63, 3.8) is 0 Å². The Morgan fingerprint density at radius 2 is 1.82 bits per heavy atom. The fraction of sp³-hybridized carbons (Fsp3) is 0.176. The van der Waals surface area contributed by atoms with E-state index in [4.69, 9.17) is 4.74 Å². The van der Waals surface area contributed by atoms with E-state index < -0.39 is 40.0 Å². The molecule has 0 aliphatic heterocycles. The second-order valence-corrected chi connectivity index (χ2v) is 7.42. The number of rotatable bonds is 8. The first-order valence-electron chi connectivity index (χ1n) is 7.93. The topological polar surface area (TPSA) is 145 Å². The number of aryl methyl sites for hydroxylation is 1. The first kappa shape index (κ1) is 21.0. The van der Waals surface area contributed by atoms with Crippen LogP contribution in [0.25, 0.3) is 0 Å². The molecule has 0 fully saturated rings. The third kappa shape index (κ3) is 6.14. The summed E-state index contributed by atoms with van der Waals surface area (Å²) in [6.45, 7) is 0.480. The maximum absolute atomic E-state index is 12.1. The summed E-state index contributed by atoms with van der Waals surface area (Å²) in [5.74, 6) is -1.68. The minimum atomic E-state index is -3.89. The Hall–Kier alpha value is -3.31. The summed E-state index contributed by atoms with van der Waals surface area (Å²) in [6.07, 6.45) is 0. The molecule has 0 heterocycles. The van der Waals surface area contributed by atoms with E-state index in [2.05, 4.69) is 10.0 Å². The number of esters is 1. The van der Waals surface area contributed by atoms with Crippen LogP contribution in [0.3, 0.4) is 0 Å². The molecule has 0 aliphatic rings. The molecule has 0 radical (unpaired) electrons. The van der Waals surface area contributed by atoms with Crippen molar-refractivity contribution in [3.8, 4) is 0 Å². The number of carbonyl (C=O) groups excluding carboxylic acids is 2. The molecular formula is C17H17N3O7S. The molecule has 28 heavy (non-hydrogen) atoms. The van der Waals surface area contributed by atoms with Crippen LogP contribution in [0.4, 0.5) is 11.4 Å². The highest BCUT2D eigenvalue weighted by atomic mass is 32.2. The molecule has 0 unspecified atom stereocenters. The van der Waals surface area contributed by atoms with Crippen molar-refractivity contribution in [2.75, 3.05) is 18.5 Å². The van der Waals surface area contributed by atoms with Crippen LogP contribution in [0.5, 0.6) is 0 Å². The number of nitro groups is 1. The van der Waals surface area contributed by atoms with Crippen LogP contribution in [0.2, 0.25) is 0 Å². The van der Waals surface area contributed by atoms with Crippen LogP contribution in [0.1, 0.15) is 5.56 Å². The van der Waals surface area contributed by atoms with Crippen molar-refractivity contribution in [2.24, 2.45) is 0 Å². The number of nitrogens with one attached hydrogen (secondary N) is 2. The van der Waals surface area contributed by atoms with E-state index in [0.29, 0.717) is 0 Å². The second kappa shape index (κ2) is 9.06. The van der Waals surface area contributed by atoms with E-state index in [0.717, 1.165) is 11.6 Å². The number of hydrogen-bond acceptors (Lipinski definition) is 7. The van der Waals surface area contributed by atoms with Crippen LogP contribution in [0.15, 0.2) is 53.4 Å². The molecule has 0 bridgehead atoms. The fourth-order valence-corrected chi connectivity index (χ4v) is 3.01. The molecule has 11 heteroatoms. The molecule has 0 atom stereocenters.